The Kier molecular flexibility index (Phi) is 3.06. The minimum atomic E-state index is 0.620. The van der Waals surface area contributed by atoms with Gasteiger partial charge in [0.1, 0.15) is 18.2 Å². The highest BCUT2D eigenvalue weighted by Gasteiger charge is 2.09. The first-order valence-corrected chi connectivity index (χ1v) is 5.25. The fourth-order valence-corrected chi connectivity index (χ4v) is 1.66. The van der Waals surface area contributed by atoms with E-state index in [0.29, 0.717) is 12.1 Å². The third-order valence-corrected chi connectivity index (χ3v) is 2.62. The molecule has 0 N–H and O–H groups in total. The zero-order chi connectivity index (χ0) is 12.3. The van der Waals surface area contributed by atoms with E-state index in [1.54, 1.807) is 4.68 Å². The Morgan fingerprint density at radius 2 is 2.18 bits per heavy atom. The van der Waals surface area contributed by atoms with E-state index in [9.17, 15) is 0 Å². The molecule has 0 fully saturated rings. The Labute approximate surface area is 99.9 Å². The van der Waals surface area contributed by atoms with Crippen LogP contribution in [0.4, 0.5) is 5.69 Å². The van der Waals surface area contributed by atoms with E-state index in [4.69, 9.17) is 5.26 Å². The molecule has 0 bridgehead atoms. The van der Waals surface area contributed by atoms with Gasteiger partial charge in [0.25, 0.3) is 0 Å². The number of rotatable bonds is 3. The molecule has 0 spiro atoms. The molecule has 86 valence electrons. The van der Waals surface area contributed by atoms with E-state index >= 15 is 0 Å². The Hall–Kier alpha value is -2.35. The van der Waals surface area contributed by atoms with Crippen molar-refractivity contribution in [2.75, 3.05) is 11.9 Å². The van der Waals surface area contributed by atoms with Crippen LogP contribution >= 0.6 is 0 Å². The maximum atomic E-state index is 9.04. The van der Waals surface area contributed by atoms with Gasteiger partial charge in [-0.25, -0.2) is 4.98 Å². The van der Waals surface area contributed by atoms with Gasteiger partial charge in [-0.05, 0) is 12.1 Å². The van der Waals surface area contributed by atoms with E-state index < -0.39 is 0 Å². The maximum Gasteiger partial charge on any atom is 0.146 e. The summed E-state index contributed by atoms with van der Waals surface area (Å²) in [5, 5.41) is 13.1. The first kappa shape index (κ1) is 11.1. The molecule has 0 atom stereocenters. The summed E-state index contributed by atoms with van der Waals surface area (Å²) in [5.41, 5.74) is 1.56. The molecule has 1 aromatic carbocycles. The monoisotopic (exact) mass is 227 g/mol. The lowest BCUT2D eigenvalue weighted by Crippen LogP contribution is -2.20. The second kappa shape index (κ2) is 4.66. The summed E-state index contributed by atoms with van der Waals surface area (Å²) in [5.74, 6) is 0.861. The van der Waals surface area contributed by atoms with Crippen molar-refractivity contribution in [2.24, 2.45) is 7.05 Å². The average Bonchev–Trinajstić information content (AvgIpc) is 2.75. The number of benzene rings is 1. The van der Waals surface area contributed by atoms with Gasteiger partial charge in [-0.15, -0.1) is 0 Å². The Morgan fingerprint density at radius 1 is 1.41 bits per heavy atom. The zero-order valence-corrected chi connectivity index (χ0v) is 9.83. The number of aromatic nitrogens is 3. The molecule has 2 rings (SSSR count). The molecule has 5 heteroatoms. The van der Waals surface area contributed by atoms with Gasteiger partial charge in [0.05, 0.1) is 17.8 Å². The zero-order valence-electron chi connectivity index (χ0n) is 9.83. The quantitative estimate of drug-likeness (QED) is 0.793. The smallest absolute Gasteiger partial charge is 0.146 e. The third kappa shape index (κ3) is 2.26. The highest BCUT2D eigenvalue weighted by Crippen LogP contribution is 2.19. The predicted molar refractivity (Wildman–Crippen MR) is 64.3 cm³/mol. The van der Waals surface area contributed by atoms with Crippen LogP contribution in [0.3, 0.4) is 0 Å². The fourth-order valence-electron chi connectivity index (χ4n) is 1.66. The molecule has 0 aliphatic heterocycles. The van der Waals surface area contributed by atoms with Crippen LogP contribution in [-0.2, 0) is 13.6 Å². The fraction of sp³-hybridized carbons (Fsp3) is 0.250. The largest absolute Gasteiger partial charge is 0.366 e. The molecule has 1 aromatic heterocycles. The molecule has 0 unspecified atom stereocenters. The molecule has 0 radical (unpaired) electrons. The number of aryl methyl sites for hydroxylation is 1. The van der Waals surface area contributed by atoms with Crippen molar-refractivity contribution in [3.05, 3.63) is 42.0 Å². The first-order chi connectivity index (χ1) is 8.22. The lowest BCUT2D eigenvalue weighted by atomic mass is 10.2. The molecule has 0 saturated carbocycles. The van der Waals surface area contributed by atoms with Crippen LogP contribution in [0.1, 0.15) is 11.4 Å². The van der Waals surface area contributed by atoms with Crippen LogP contribution in [0.15, 0.2) is 30.6 Å². The van der Waals surface area contributed by atoms with Crippen LogP contribution in [-0.4, -0.2) is 21.8 Å². The van der Waals surface area contributed by atoms with E-state index in [2.05, 4.69) is 16.2 Å². The number of hydrogen-bond donors (Lipinski definition) is 0. The molecule has 17 heavy (non-hydrogen) atoms. The predicted octanol–water partition coefficient (Wildman–Crippen LogP) is 1.32. The Morgan fingerprint density at radius 3 is 2.82 bits per heavy atom. The summed E-state index contributed by atoms with van der Waals surface area (Å²) in [7, 11) is 3.79. The van der Waals surface area contributed by atoms with Crippen LogP contribution < -0.4 is 4.90 Å². The highest BCUT2D eigenvalue weighted by atomic mass is 15.3. The van der Waals surface area contributed by atoms with Crippen molar-refractivity contribution < 1.29 is 0 Å². The Bertz CT molecular complexity index is 552. The van der Waals surface area contributed by atoms with E-state index in [-0.39, 0.29) is 0 Å². The first-order valence-electron chi connectivity index (χ1n) is 5.25. The van der Waals surface area contributed by atoms with Gasteiger partial charge < -0.3 is 4.90 Å². The molecular weight excluding hydrogens is 214 g/mol. The van der Waals surface area contributed by atoms with Crippen molar-refractivity contribution in [3.8, 4) is 6.07 Å². The summed E-state index contributed by atoms with van der Waals surface area (Å²) < 4.78 is 1.73. The summed E-state index contributed by atoms with van der Waals surface area (Å²) in [6, 6.07) is 9.70. The van der Waals surface area contributed by atoms with Gasteiger partial charge >= 0.3 is 0 Å². The summed E-state index contributed by atoms with van der Waals surface area (Å²) in [4.78, 5) is 6.15. The maximum absolute atomic E-state index is 9.04. The SMILES string of the molecule is CN(Cc1ncnn1C)c1ccccc1C#N. The van der Waals surface area contributed by atoms with Crippen LogP contribution in [0, 0.1) is 11.3 Å². The number of nitriles is 1. The van der Waals surface area contributed by atoms with Crippen molar-refractivity contribution in [1.82, 2.24) is 14.8 Å². The number of para-hydroxylation sites is 1. The molecule has 0 aliphatic carbocycles. The summed E-state index contributed by atoms with van der Waals surface area (Å²) in [6.07, 6.45) is 1.53. The molecule has 1 heterocycles. The highest BCUT2D eigenvalue weighted by molar-refractivity contribution is 5.58. The number of nitrogens with zero attached hydrogens (tertiary/aromatic N) is 5. The summed E-state index contributed by atoms with van der Waals surface area (Å²) in [6.45, 7) is 0.620. The molecule has 2 aromatic rings. The molecule has 5 nitrogen and oxygen atoms in total. The van der Waals surface area contributed by atoms with Gasteiger partial charge in [-0.1, -0.05) is 12.1 Å². The van der Waals surface area contributed by atoms with Crippen LogP contribution in [0.2, 0.25) is 0 Å². The van der Waals surface area contributed by atoms with Gasteiger partial charge in [0.2, 0.25) is 0 Å². The van der Waals surface area contributed by atoms with Crippen LogP contribution in [0.5, 0.6) is 0 Å². The standard InChI is InChI=1S/C12H13N5/c1-16(8-12-14-9-15-17(12)2)11-6-4-3-5-10(11)7-13/h3-6,9H,8H2,1-2H3. The molecule has 0 amide bonds. The number of hydrogen-bond acceptors (Lipinski definition) is 4. The molecular formula is C12H13N5. The van der Waals surface area contributed by atoms with Gasteiger partial charge in [-0.2, -0.15) is 10.4 Å². The van der Waals surface area contributed by atoms with E-state index in [0.717, 1.165) is 11.5 Å². The molecule has 0 aliphatic rings. The minimum absolute atomic E-state index is 0.620. The van der Waals surface area contributed by atoms with Crippen molar-refractivity contribution in [2.45, 2.75) is 6.54 Å². The lowest BCUT2D eigenvalue weighted by molar-refractivity contribution is 0.688. The van der Waals surface area contributed by atoms with Crippen molar-refractivity contribution in [3.63, 3.8) is 0 Å². The van der Waals surface area contributed by atoms with E-state index in [1.165, 1.54) is 6.33 Å². The van der Waals surface area contributed by atoms with Crippen LogP contribution in [0.25, 0.3) is 0 Å². The van der Waals surface area contributed by atoms with E-state index in [1.807, 2.05) is 43.3 Å². The van der Waals surface area contributed by atoms with Crippen molar-refractivity contribution in [1.29, 1.82) is 5.26 Å². The van der Waals surface area contributed by atoms with Gasteiger partial charge in [0, 0.05) is 14.1 Å². The van der Waals surface area contributed by atoms with Gasteiger partial charge in [0.15, 0.2) is 0 Å². The minimum Gasteiger partial charge on any atom is -0.366 e. The summed E-state index contributed by atoms with van der Waals surface area (Å²) >= 11 is 0. The average molecular weight is 227 g/mol. The topological polar surface area (TPSA) is 57.7 Å². The Balaban J connectivity index is 2.24. The third-order valence-electron chi connectivity index (χ3n) is 2.62. The second-order valence-electron chi connectivity index (χ2n) is 3.78. The normalized spacial score (nSPS) is 9.94. The molecule has 0 saturated heterocycles. The van der Waals surface area contributed by atoms with Gasteiger partial charge in [-0.3, -0.25) is 4.68 Å². The second-order valence-corrected chi connectivity index (χ2v) is 3.78. The van der Waals surface area contributed by atoms with Crippen molar-refractivity contribution >= 4 is 5.69 Å². The lowest BCUT2D eigenvalue weighted by Gasteiger charge is -2.19. The number of anilines is 1.